The fourth-order valence-corrected chi connectivity index (χ4v) is 1.58. The zero-order valence-corrected chi connectivity index (χ0v) is 11.0. The highest BCUT2D eigenvalue weighted by molar-refractivity contribution is 4.68. The van der Waals surface area contributed by atoms with Gasteiger partial charge in [-0.3, -0.25) is 0 Å². The Hall–Kier alpha value is -1.38. The molecular formula is C13H22N3O2+. The summed E-state index contributed by atoms with van der Waals surface area (Å²) in [4.78, 5) is 0. The van der Waals surface area contributed by atoms with Crippen LogP contribution >= 0.6 is 0 Å². The monoisotopic (exact) mass is 252 g/mol. The van der Waals surface area contributed by atoms with Crippen molar-refractivity contribution >= 4 is 0 Å². The Morgan fingerprint density at radius 1 is 1.28 bits per heavy atom. The molecule has 0 amide bonds. The maximum absolute atomic E-state index is 8.46. The molecule has 1 rings (SSSR count). The third-order valence-corrected chi connectivity index (χ3v) is 2.52. The smallest absolute Gasteiger partial charge is 0.243 e. The average Bonchev–Trinajstić information content (AvgIpc) is 2.82. The lowest BCUT2D eigenvalue weighted by Gasteiger charge is -2.02. The van der Waals surface area contributed by atoms with Gasteiger partial charge in [0.05, 0.1) is 32.4 Å². The van der Waals surface area contributed by atoms with Gasteiger partial charge in [0.25, 0.3) is 0 Å². The van der Waals surface area contributed by atoms with E-state index in [1.165, 1.54) is 0 Å². The normalized spacial score (nSPS) is 10.4. The van der Waals surface area contributed by atoms with Gasteiger partial charge < -0.3 is 9.47 Å². The van der Waals surface area contributed by atoms with Gasteiger partial charge in [-0.15, -0.1) is 0 Å². The molecule has 0 aliphatic heterocycles. The molecule has 0 spiro atoms. The molecule has 0 aliphatic carbocycles. The number of hydrogen-bond donors (Lipinski definition) is 0. The molecule has 5 nitrogen and oxygen atoms in total. The molecule has 1 aromatic rings. The van der Waals surface area contributed by atoms with Gasteiger partial charge in [-0.25, -0.2) is 9.13 Å². The standard InChI is InChI=1S/C13H22N3O2/c1-2-17-11-12-18-10-9-16-8-7-15(13-16)6-4-3-5-14/h7-8,13H,2-4,6,9-12H2,1H3/q+1. The number of rotatable bonds is 10. The van der Waals surface area contributed by atoms with Crippen LogP contribution in [0.1, 0.15) is 19.8 Å². The zero-order valence-electron chi connectivity index (χ0n) is 11.0. The van der Waals surface area contributed by atoms with Crippen LogP contribution in [-0.4, -0.2) is 31.0 Å². The number of aryl methyl sites for hydroxylation is 1. The van der Waals surface area contributed by atoms with E-state index in [0.717, 1.165) is 26.1 Å². The van der Waals surface area contributed by atoms with E-state index in [-0.39, 0.29) is 0 Å². The van der Waals surface area contributed by atoms with Crippen molar-refractivity contribution < 1.29 is 14.0 Å². The van der Waals surface area contributed by atoms with Gasteiger partial charge in [-0.05, 0) is 13.3 Å². The van der Waals surface area contributed by atoms with E-state index in [0.29, 0.717) is 26.2 Å². The summed E-state index contributed by atoms with van der Waals surface area (Å²) < 4.78 is 14.8. The first kappa shape index (κ1) is 14.7. The third-order valence-electron chi connectivity index (χ3n) is 2.52. The molecule has 0 unspecified atom stereocenters. The number of hydrogen-bond acceptors (Lipinski definition) is 3. The number of ether oxygens (including phenoxy) is 2. The molecule has 0 N–H and O–H groups in total. The highest BCUT2D eigenvalue weighted by Gasteiger charge is 2.02. The van der Waals surface area contributed by atoms with E-state index in [1.807, 2.05) is 25.6 Å². The molecule has 5 heteroatoms. The van der Waals surface area contributed by atoms with E-state index in [2.05, 4.69) is 15.2 Å². The van der Waals surface area contributed by atoms with Gasteiger partial charge in [0.1, 0.15) is 18.9 Å². The first-order valence-electron chi connectivity index (χ1n) is 6.44. The van der Waals surface area contributed by atoms with Gasteiger partial charge in [0, 0.05) is 13.0 Å². The predicted molar refractivity (Wildman–Crippen MR) is 66.8 cm³/mol. The fraction of sp³-hybridized carbons (Fsp3) is 0.692. The maximum atomic E-state index is 8.46. The van der Waals surface area contributed by atoms with Crippen molar-refractivity contribution in [2.24, 2.45) is 0 Å². The van der Waals surface area contributed by atoms with E-state index >= 15 is 0 Å². The van der Waals surface area contributed by atoms with Crippen molar-refractivity contribution in [3.8, 4) is 6.07 Å². The van der Waals surface area contributed by atoms with Gasteiger partial charge in [0.15, 0.2) is 0 Å². The van der Waals surface area contributed by atoms with Crippen LogP contribution in [0.3, 0.4) is 0 Å². The lowest BCUT2D eigenvalue weighted by Crippen LogP contribution is -2.30. The second-order valence-electron chi connectivity index (χ2n) is 3.96. The van der Waals surface area contributed by atoms with Gasteiger partial charge in [-0.2, -0.15) is 5.26 Å². The van der Waals surface area contributed by atoms with Crippen LogP contribution in [0.4, 0.5) is 0 Å². The predicted octanol–water partition coefficient (Wildman–Crippen LogP) is 1.13. The summed E-state index contributed by atoms with van der Waals surface area (Å²) in [5.74, 6) is 0. The SMILES string of the molecule is CCOCCOCCn1cc[n+](CCCC#N)c1. The van der Waals surface area contributed by atoms with Gasteiger partial charge >= 0.3 is 0 Å². The van der Waals surface area contributed by atoms with E-state index in [1.54, 1.807) is 0 Å². The second-order valence-corrected chi connectivity index (χ2v) is 3.96. The highest BCUT2D eigenvalue weighted by Crippen LogP contribution is 1.90. The summed E-state index contributed by atoms with van der Waals surface area (Å²) in [5.41, 5.74) is 0. The Morgan fingerprint density at radius 3 is 2.89 bits per heavy atom. The van der Waals surface area contributed by atoms with Crippen molar-refractivity contribution in [2.75, 3.05) is 26.4 Å². The number of unbranched alkanes of at least 4 members (excludes halogenated alkanes) is 1. The Morgan fingerprint density at radius 2 is 2.11 bits per heavy atom. The molecule has 0 aliphatic rings. The first-order chi connectivity index (χ1) is 8.86. The Balaban J connectivity index is 2.09. The van der Waals surface area contributed by atoms with Crippen LogP contribution in [-0.2, 0) is 22.6 Å². The number of imidazole rings is 1. The van der Waals surface area contributed by atoms with Crippen molar-refractivity contribution in [3.63, 3.8) is 0 Å². The molecule has 100 valence electrons. The topological polar surface area (TPSA) is 51.1 Å². The number of nitriles is 1. The number of nitrogens with zero attached hydrogens (tertiary/aromatic N) is 3. The van der Waals surface area contributed by atoms with E-state index < -0.39 is 0 Å². The van der Waals surface area contributed by atoms with E-state index in [9.17, 15) is 0 Å². The Kier molecular flexibility index (Phi) is 7.85. The Labute approximate surface area is 109 Å². The van der Waals surface area contributed by atoms with Gasteiger partial charge in [-0.1, -0.05) is 0 Å². The Bertz CT molecular complexity index is 357. The molecule has 18 heavy (non-hydrogen) atoms. The molecule has 0 atom stereocenters. The molecule has 0 saturated carbocycles. The number of aromatic nitrogens is 2. The van der Waals surface area contributed by atoms with Crippen LogP contribution in [0.2, 0.25) is 0 Å². The van der Waals surface area contributed by atoms with Crippen molar-refractivity contribution in [2.45, 2.75) is 32.9 Å². The largest absolute Gasteiger partial charge is 0.379 e. The highest BCUT2D eigenvalue weighted by atomic mass is 16.5. The van der Waals surface area contributed by atoms with Crippen LogP contribution in [0.15, 0.2) is 18.7 Å². The molecular weight excluding hydrogens is 230 g/mol. The van der Waals surface area contributed by atoms with Crippen LogP contribution in [0, 0.1) is 11.3 Å². The van der Waals surface area contributed by atoms with Crippen molar-refractivity contribution in [1.29, 1.82) is 5.26 Å². The van der Waals surface area contributed by atoms with Crippen LogP contribution in [0.5, 0.6) is 0 Å². The zero-order chi connectivity index (χ0) is 13.1. The quantitative estimate of drug-likeness (QED) is 0.463. The first-order valence-corrected chi connectivity index (χ1v) is 6.44. The summed E-state index contributed by atoms with van der Waals surface area (Å²) in [6, 6.07) is 2.15. The van der Waals surface area contributed by atoms with Crippen molar-refractivity contribution in [1.82, 2.24) is 4.57 Å². The molecule has 0 fully saturated rings. The molecule has 0 bridgehead atoms. The van der Waals surface area contributed by atoms with Crippen molar-refractivity contribution in [3.05, 3.63) is 18.7 Å². The molecule has 0 radical (unpaired) electrons. The molecule has 0 saturated heterocycles. The van der Waals surface area contributed by atoms with E-state index in [4.69, 9.17) is 14.7 Å². The molecule has 1 heterocycles. The molecule has 1 aromatic heterocycles. The minimum atomic E-state index is 0.610. The lowest BCUT2D eigenvalue weighted by molar-refractivity contribution is -0.696. The summed E-state index contributed by atoms with van der Waals surface area (Å²) >= 11 is 0. The van der Waals surface area contributed by atoms with Crippen LogP contribution in [0.25, 0.3) is 0 Å². The summed E-state index contributed by atoms with van der Waals surface area (Å²) in [6.45, 7) is 6.46. The average molecular weight is 252 g/mol. The summed E-state index contributed by atoms with van der Waals surface area (Å²) in [6.07, 6.45) is 7.61. The van der Waals surface area contributed by atoms with Crippen LogP contribution < -0.4 is 4.57 Å². The fourth-order valence-electron chi connectivity index (χ4n) is 1.58. The lowest BCUT2D eigenvalue weighted by atomic mass is 10.3. The molecule has 0 aromatic carbocycles. The third kappa shape index (κ3) is 6.38. The minimum absolute atomic E-state index is 0.610. The van der Waals surface area contributed by atoms with Gasteiger partial charge in [0.2, 0.25) is 6.33 Å². The summed E-state index contributed by atoms with van der Waals surface area (Å²) in [7, 11) is 0. The minimum Gasteiger partial charge on any atom is -0.379 e. The summed E-state index contributed by atoms with van der Waals surface area (Å²) in [5, 5.41) is 8.46. The second kappa shape index (κ2) is 9.63. The maximum Gasteiger partial charge on any atom is 0.243 e.